The van der Waals surface area contributed by atoms with Gasteiger partial charge in [-0.25, -0.2) is 0 Å². The van der Waals surface area contributed by atoms with Gasteiger partial charge in [-0.2, -0.15) is 0 Å². The molecular weight excluding hydrogens is 146 g/mol. The molecule has 72 valence electrons. The molecule has 0 saturated carbocycles. The van der Waals surface area contributed by atoms with E-state index >= 15 is 0 Å². The van der Waals surface area contributed by atoms with Gasteiger partial charge < -0.3 is 4.90 Å². The molecule has 0 spiro atoms. The SMILES string of the molecule is CCN1CC(C(C)C)CC[C@H]1C. The first kappa shape index (κ1) is 10.0. The van der Waals surface area contributed by atoms with E-state index in [9.17, 15) is 0 Å². The summed E-state index contributed by atoms with van der Waals surface area (Å²) >= 11 is 0. The molecule has 1 unspecified atom stereocenters. The second-order valence-corrected chi connectivity index (χ2v) is 4.52. The predicted molar refractivity (Wildman–Crippen MR) is 54.3 cm³/mol. The highest BCUT2D eigenvalue weighted by Gasteiger charge is 2.25. The first-order valence-electron chi connectivity index (χ1n) is 5.39. The third-order valence-electron chi connectivity index (χ3n) is 3.40. The maximum Gasteiger partial charge on any atom is 0.00670 e. The minimum Gasteiger partial charge on any atom is -0.301 e. The minimum atomic E-state index is 0.824. The van der Waals surface area contributed by atoms with Gasteiger partial charge in [-0.3, -0.25) is 0 Å². The summed E-state index contributed by atoms with van der Waals surface area (Å²) in [5, 5.41) is 0. The van der Waals surface area contributed by atoms with Crippen LogP contribution in [0.4, 0.5) is 0 Å². The van der Waals surface area contributed by atoms with Gasteiger partial charge in [0.25, 0.3) is 0 Å². The molecule has 1 heteroatoms. The van der Waals surface area contributed by atoms with Crippen LogP contribution in [-0.4, -0.2) is 24.0 Å². The van der Waals surface area contributed by atoms with Crippen molar-refractivity contribution in [2.75, 3.05) is 13.1 Å². The number of rotatable bonds is 2. The van der Waals surface area contributed by atoms with Crippen molar-refractivity contribution in [2.45, 2.75) is 46.6 Å². The largest absolute Gasteiger partial charge is 0.301 e. The summed E-state index contributed by atoms with van der Waals surface area (Å²) in [5.74, 6) is 1.81. The quantitative estimate of drug-likeness (QED) is 0.614. The van der Waals surface area contributed by atoms with E-state index in [4.69, 9.17) is 0 Å². The lowest BCUT2D eigenvalue weighted by atomic mass is 9.85. The van der Waals surface area contributed by atoms with Gasteiger partial charge in [0.15, 0.2) is 0 Å². The van der Waals surface area contributed by atoms with Gasteiger partial charge in [0, 0.05) is 12.6 Å². The number of hydrogen-bond acceptors (Lipinski definition) is 1. The van der Waals surface area contributed by atoms with Gasteiger partial charge in [-0.1, -0.05) is 20.8 Å². The van der Waals surface area contributed by atoms with Gasteiger partial charge in [0.1, 0.15) is 0 Å². The molecule has 1 saturated heterocycles. The molecule has 1 heterocycles. The van der Waals surface area contributed by atoms with Crippen molar-refractivity contribution in [3.8, 4) is 0 Å². The summed E-state index contributed by atoms with van der Waals surface area (Å²) in [6.07, 6.45) is 2.84. The highest BCUT2D eigenvalue weighted by molar-refractivity contribution is 4.79. The fourth-order valence-electron chi connectivity index (χ4n) is 2.20. The zero-order valence-electron chi connectivity index (χ0n) is 9.01. The van der Waals surface area contributed by atoms with Gasteiger partial charge in [-0.15, -0.1) is 0 Å². The molecule has 1 rings (SSSR count). The molecule has 0 amide bonds. The van der Waals surface area contributed by atoms with E-state index in [1.165, 1.54) is 25.9 Å². The summed E-state index contributed by atoms with van der Waals surface area (Å²) in [4.78, 5) is 2.62. The monoisotopic (exact) mass is 169 g/mol. The Labute approximate surface area is 77.1 Å². The highest BCUT2D eigenvalue weighted by atomic mass is 15.2. The third-order valence-corrected chi connectivity index (χ3v) is 3.40. The third kappa shape index (κ3) is 2.22. The van der Waals surface area contributed by atoms with Crippen LogP contribution in [0.15, 0.2) is 0 Å². The Kier molecular flexibility index (Phi) is 3.57. The minimum absolute atomic E-state index is 0.824. The molecule has 0 aromatic carbocycles. The van der Waals surface area contributed by atoms with Crippen LogP contribution in [0.3, 0.4) is 0 Å². The molecule has 0 aromatic rings. The first-order chi connectivity index (χ1) is 5.65. The molecule has 1 fully saturated rings. The number of nitrogens with zero attached hydrogens (tertiary/aromatic N) is 1. The normalized spacial score (nSPS) is 32.8. The highest BCUT2D eigenvalue weighted by Crippen LogP contribution is 2.26. The smallest absolute Gasteiger partial charge is 0.00670 e. The Balaban J connectivity index is 2.44. The standard InChI is InChI=1S/C11H23N/c1-5-12-8-11(9(2)3)7-6-10(12)4/h9-11H,5-8H2,1-4H3/t10-,11?/m1/s1. The van der Waals surface area contributed by atoms with Crippen LogP contribution < -0.4 is 0 Å². The van der Waals surface area contributed by atoms with E-state index < -0.39 is 0 Å². The summed E-state index contributed by atoms with van der Waals surface area (Å²) in [5.41, 5.74) is 0. The van der Waals surface area contributed by atoms with E-state index in [0.29, 0.717) is 0 Å². The lowest BCUT2D eigenvalue weighted by molar-refractivity contribution is 0.102. The molecule has 1 aliphatic heterocycles. The zero-order chi connectivity index (χ0) is 9.14. The maximum absolute atomic E-state index is 2.62. The molecular formula is C11H23N. The van der Waals surface area contributed by atoms with E-state index in [2.05, 4.69) is 32.6 Å². The number of hydrogen-bond donors (Lipinski definition) is 0. The summed E-state index contributed by atoms with van der Waals surface area (Å²) < 4.78 is 0. The summed E-state index contributed by atoms with van der Waals surface area (Å²) in [7, 11) is 0. The Morgan fingerprint density at radius 2 is 2.00 bits per heavy atom. The summed E-state index contributed by atoms with van der Waals surface area (Å²) in [6, 6.07) is 0.824. The van der Waals surface area contributed by atoms with E-state index in [1.54, 1.807) is 0 Å². The maximum atomic E-state index is 2.62. The van der Waals surface area contributed by atoms with Gasteiger partial charge in [-0.05, 0) is 38.1 Å². The summed E-state index contributed by atoms with van der Waals surface area (Å²) in [6.45, 7) is 11.9. The molecule has 0 N–H and O–H groups in total. The molecule has 0 bridgehead atoms. The topological polar surface area (TPSA) is 3.24 Å². The van der Waals surface area contributed by atoms with Crippen LogP contribution in [0.2, 0.25) is 0 Å². The van der Waals surface area contributed by atoms with Gasteiger partial charge in [0.05, 0.1) is 0 Å². The first-order valence-corrected chi connectivity index (χ1v) is 5.39. The second kappa shape index (κ2) is 4.27. The van der Waals surface area contributed by atoms with Crippen molar-refractivity contribution in [3.63, 3.8) is 0 Å². The molecule has 12 heavy (non-hydrogen) atoms. The van der Waals surface area contributed by atoms with Crippen LogP contribution in [-0.2, 0) is 0 Å². The van der Waals surface area contributed by atoms with Gasteiger partial charge >= 0.3 is 0 Å². The van der Waals surface area contributed by atoms with Crippen molar-refractivity contribution >= 4 is 0 Å². The number of piperidine rings is 1. The molecule has 0 aromatic heterocycles. The van der Waals surface area contributed by atoms with Crippen molar-refractivity contribution in [1.82, 2.24) is 4.90 Å². The molecule has 1 nitrogen and oxygen atoms in total. The van der Waals surface area contributed by atoms with Crippen LogP contribution in [0.25, 0.3) is 0 Å². The zero-order valence-corrected chi connectivity index (χ0v) is 9.01. The lowest BCUT2D eigenvalue weighted by Crippen LogP contribution is -2.42. The van der Waals surface area contributed by atoms with Crippen LogP contribution in [0, 0.1) is 11.8 Å². The fourth-order valence-corrected chi connectivity index (χ4v) is 2.20. The fraction of sp³-hybridized carbons (Fsp3) is 1.00. The number of likely N-dealkylation sites (tertiary alicyclic amines) is 1. The van der Waals surface area contributed by atoms with Crippen molar-refractivity contribution < 1.29 is 0 Å². The molecule has 2 atom stereocenters. The van der Waals surface area contributed by atoms with Crippen LogP contribution >= 0.6 is 0 Å². The molecule has 0 aliphatic carbocycles. The molecule has 0 radical (unpaired) electrons. The Hall–Kier alpha value is -0.0400. The van der Waals surface area contributed by atoms with E-state index in [1.807, 2.05) is 0 Å². The predicted octanol–water partition coefficient (Wildman–Crippen LogP) is 2.76. The van der Waals surface area contributed by atoms with E-state index in [0.717, 1.165) is 17.9 Å². The molecule has 1 aliphatic rings. The van der Waals surface area contributed by atoms with Crippen molar-refractivity contribution in [1.29, 1.82) is 0 Å². The van der Waals surface area contributed by atoms with Crippen LogP contribution in [0.5, 0.6) is 0 Å². The second-order valence-electron chi connectivity index (χ2n) is 4.52. The van der Waals surface area contributed by atoms with Crippen LogP contribution in [0.1, 0.15) is 40.5 Å². The Bertz CT molecular complexity index is 131. The lowest BCUT2D eigenvalue weighted by Gasteiger charge is -2.38. The van der Waals surface area contributed by atoms with Crippen molar-refractivity contribution in [3.05, 3.63) is 0 Å². The Morgan fingerprint density at radius 1 is 1.33 bits per heavy atom. The average molecular weight is 169 g/mol. The van der Waals surface area contributed by atoms with Gasteiger partial charge in [0.2, 0.25) is 0 Å². The Morgan fingerprint density at radius 3 is 2.50 bits per heavy atom. The van der Waals surface area contributed by atoms with E-state index in [-0.39, 0.29) is 0 Å². The van der Waals surface area contributed by atoms with Crippen molar-refractivity contribution in [2.24, 2.45) is 11.8 Å². The average Bonchev–Trinajstić information content (AvgIpc) is 2.05.